The molecular formula is C28H25N7+2. The van der Waals surface area contributed by atoms with Crippen molar-refractivity contribution in [2.75, 3.05) is 0 Å². The fourth-order valence-corrected chi connectivity index (χ4v) is 4.11. The molecule has 7 rings (SSSR count). The summed E-state index contributed by atoms with van der Waals surface area (Å²) >= 11 is 0. The summed E-state index contributed by atoms with van der Waals surface area (Å²) in [6, 6.07) is 20.3. The van der Waals surface area contributed by atoms with Crippen molar-refractivity contribution in [3.63, 3.8) is 0 Å². The van der Waals surface area contributed by atoms with Crippen LogP contribution in [0.25, 0.3) is 22.8 Å². The van der Waals surface area contributed by atoms with Gasteiger partial charge in [0, 0.05) is 49.1 Å². The van der Waals surface area contributed by atoms with Crippen LogP contribution in [0.5, 0.6) is 0 Å². The van der Waals surface area contributed by atoms with E-state index in [1.165, 1.54) is 0 Å². The maximum atomic E-state index is 3.51. The van der Waals surface area contributed by atoms with Crippen molar-refractivity contribution in [2.45, 2.75) is 0 Å². The van der Waals surface area contributed by atoms with Gasteiger partial charge in [-0.1, -0.05) is 0 Å². The lowest BCUT2D eigenvalue weighted by molar-refractivity contribution is -0.434. The minimum absolute atomic E-state index is 1.04. The summed E-state index contributed by atoms with van der Waals surface area (Å²) in [6.07, 6.45) is 16.0. The third kappa shape index (κ3) is 4.30. The van der Waals surface area contributed by atoms with Crippen LogP contribution in [0, 0.1) is 0 Å². The van der Waals surface area contributed by atoms with Gasteiger partial charge in [0.1, 0.15) is 11.4 Å². The topological polar surface area (TPSA) is 107 Å². The minimum atomic E-state index is 1.04. The molecule has 7 heteroatoms. The van der Waals surface area contributed by atoms with E-state index in [1.54, 1.807) is 0 Å². The maximum Gasteiger partial charge on any atom is 0.276 e. The van der Waals surface area contributed by atoms with Gasteiger partial charge in [0.25, 0.3) is 11.4 Å². The molecule has 0 radical (unpaired) electrons. The smallest absolute Gasteiger partial charge is 0.276 e. The van der Waals surface area contributed by atoms with Crippen LogP contribution in [0.1, 0.15) is 11.4 Å². The first-order valence-corrected chi connectivity index (χ1v) is 11.5. The number of aromatic nitrogens is 5. The lowest BCUT2D eigenvalue weighted by atomic mass is 10.2. The number of allylic oxidation sites excluding steroid dienone is 4. The van der Waals surface area contributed by atoms with E-state index in [9.17, 15) is 0 Å². The van der Waals surface area contributed by atoms with Gasteiger partial charge in [-0.2, -0.15) is 9.98 Å². The Morgan fingerprint density at radius 2 is 0.914 bits per heavy atom. The second kappa shape index (κ2) is 9.07. The average molecular weight is 460 g/mol. The monoisotopic (exact) mass is 459 g/mol. The highest BCUT2D eigenvalue weighted by atomic mass is 14.9. The van der Waals surface area contributed by atoms with Crippen LogP contribution in [-0.2, 0) is 0 Å². The van der Waals surface area contributed by atoms with Gasteiger partial charge in [0.05, 0.1) is 22.8 Å². The van der Waals surface area contributed by atoms with Crippen LogP contribution >= 0.6 is 0 Å². The molecule has 7 heterocycles. The molecule has 0 aromatic carbocycles. The van der Waals surface area contributed by atoms with Crippen molar-refractivity contribution in [3.05, 3.63) is 133 Å². The van der Waals surface area contributed by atoms with Gasteiger partial charge in [-0.05, 0) is 60.7 Å². The van der Waals surface area contributed by atoms with Crippen molar-refractivity contribution in [1.82, 2.24) is 24.9 Å². The van der Waals surface area contributed by atoms with Gasteiger partial charge in [-0.25, -0.2) is 0 Å². The number of hydrogen-bond acceptors (Lipinski definition) is 0. The Morgan fingerprint density at radius 1 is 0.429 bits per heavy atom. The molecule has 7 N–H and O–H groups in total. The molecule has 170 valence electrons. The number of nitrogens with one attached hydrogen (secondary N) is 7. The van der Waals surface area contributed by atoms with Gasteiger partial charge < -0.3 is 24.9 Å². The first-order valence-electron chi connectivity index (χ1n) is 11.5. The van der Waals surface area contributed by atoms with Crippen LogP contribution in [0.3, 0.4) is 0 Å². The zero-order chi connectivity index (χ0) is 23.5. The highest BCUT2D eigenvalue weighted by Crippen LogP contribution is 2.18. The molecular weight excluding hydrogens is 434 g/mol. The number of H-pyrrole nitrogens is 5. The molecule has 5 aromatic heterocycles. The van der Waals surface area contributed by atoms with E-state index in [4.69, 9.17) is 0 Å². The molecule has 7 nitrogen and oxygen atoms in total. The average Bonchev–Trinajstić information content (AvgIpc) is 3.75. The van der Waals surface area contributed by atoms with Crippen LogP contribution < -0.4 is 9.98 Å². The summed E-state index contributed by atoms with van der Waals surface area (Å²) in [5.74, 6) is 0. The van der Waals surface area contributed by atoms with Crippen LogP contribution in [0.15, 0.2) is 121 Å². The molecule has 2 aliphatic heterocycles. The van der Waals surface area contributed by atoms with Crippen LogP contribution in [0.4, 0.5) is 0 Å². The van der Waals surface area contributed by atoms with Crippen molar-refractivity contribution < 1.29 is 9.98 Å². The quantitative estimate of drug-likeness (QED) is 0.214. The zero-order valence-electron chi connectivity index (χ0n) is 18.9. The summed E-state index contributed by atoms with van der Waals surface area (Å²) in [4.78, 5) is 23.3. The second-order valence-electron chi connectivity index (χ2n) is 8.20. The van der Waals surface area contributed by atoms with E-state index in [1.807, 2.05) is 49.1 Å². The largest absolute Gasteiger partial charge is 0.368 e. The zero-order valence-corrected chi connectivity index (χ0v) is 18.9. The Hall–Kier alpha value is -5.04. The first-order chi connectivity index (χ1) is 17.3. The van der Waals surface area contributed by atoms with Crippen molar-refractivity contribution in [1.29, 1.82) is 0 Å². The number of hydrogen-bond donors (Lipinski definition) is 7. The lowest BCUT2D eigenvalue weighted by Crippen LogP contribution is -2.75. The molecule has 0 spiro atoms. The summed E-state index contributed by atoms with van der Waals surface area (Å²) in [6.45, 7) is 0. The fraction of sp³-hybridized carbons (Fsp3) is 0. The highest BCUT2D eigenvalue weighted by Gasteiger charge is 2.26. The van der Waals surface area contributed by atoms with Gasteiger partial charge in [0.2, 0.25) is 11.4 Å². The van der Waals surface area contributed by atoms with Crippen LogP contribution in [-0.4, -0.2) is 36.3 Å². The Balaban J connectivity index is 0.000000410. The molecule has 0 unspecified atom stereocenters. The Labute approximate surface area is 201 Å². The molecule has 0 saturated heterocycles. The van der Waals surface area contributed by atoms with Gasteiger partial charge >= 0.3 is 0 Å². The normalized spacial score (nSPS) is 16.3. The SMILES string of the molecule is C1=C/C(=C2/C=CC(c3ccc(-c4ccc[nH]4)[nH]3)=[NH+]2)[NH+]=C1c1ccc(-c2ccc[nH]2)[nH]1.c1cc[nH]c1. The molecule has 0 atom stereocenters. The Kier molecular flexibility index (Phi) is 5.33. The number of aromatic amines is 5. The predicted octanol–water partition coefficient (Wildman–Crippen LogP) is 2.14. The Morgan fingerprint density at radius 3 is 1.31 bits per heavy atom. The van der Waals surface area contributed by atoms with Crippen molar-refractivity contribution >= 4 is 11.4 Å². The van der Waals surface area contributed by atoms with E-state index >= 15 is 0 Å². The summed E-state index contributed by atoms with van der Waals surface area (Å²) in [5.41, 5.74) is 10.6. The minimum Gasteiger partial charge on any atom is -0.368 e. The molecule has 5 aromatic rings. The first kappa shape index (κ1) is 20.6. The van der Waals surface area contributed by atoms with Crippen molar-refractivity contribution in [3.8, 4) is 22.8 Å². The number of rotatable bonds is 4. The van der Waals surface area contributed by atoms with E-state index in [0.29, 0.717) is 0 Å². The van der Waals surface area contributed by atoms with Crippen LogP contribution in [0.2, 0.25) is 0 Å². The van der Waals surface area contributed by atoms with E-state index in [2.05, 4.69) is 95.6 Å². The standard InChI is InChI=1S/C24H18N6.C4H5N/c1-3-15(25-13-1)17-5-7-19(27-17)21-9-11-23(29-21)24-12-10-22(30-24)20-8-6-18(28-20)16-4-2-14-26-16;1-2-4-5-3-1/h1-14,25-28H;1-5H/p+2/b24-23+;. The van der Waals surface area contributed by atoms with Gasteiger partial charge in [0.15, 0.2) is 0 Å². The summed E-state index contributed by atoms with van der Waals surface area (Å²) < 4.78 is 0. The lowest BCUT2D eigenvalue weighted by Gasteiger charge is -1.92. The molecule has 0 bridgehead atoms. The maximum absolute atomic E-state index is 3.51. The highest BCUT2D eigenvalue weighted by molar-refractivity contribution is 6.06. The van der Waals surface area contributed by atoms with Gasteiger partial charge in [-0.15, -0.1) is 0 Å². The third-order valence-electron chi connectivity index (χ3n) is 5.89. The van der Waals surface area contributed by atoms with E-state index < -0.39 is 0 Å². The fourth-order valence-electron chi connectivity index (χ4n) is 4.11. The third-order valence-corrected chi connectivity index (χ3v) is 5.89. The summed E-state index contributed by atoms with van der Waals surface area (Å²) in [7, 11) is 0. The molecule has 0 fully saturated rings. The molecule has 0 amide bonds. The van der Waals surface area contributed by atoms with Crippen molar-refractivity contribution in [2.24, 2.45) is 0 Å². The summed E-state index contributed by atoms with van der Waals surface area (Å²) in [5, 5.41) is 0. The molecule has 35 heavy (non-hydrogen) atoms. The molecule has 0 saturated carbocycles. The van der Waals surface area contributed by atoms with E-state index in [-0.39, 0.29) is 0 Å². The van der Waals surface area contributed by atoms with Gasteiger partial charge in [-0.3, -0.25) is 0 Å². The molecule has 2 aliphatic rings. The second-order valence-corrected chi connectivity index (χ2v) is 8.20. The van der Waals surface area contributed by atoms with E-state index in [0.717, 1.165) is 57.0 Å². The molecule has 0 aliphatic carbocycles. The Bertz CT molecular complexity index is 1440. The predicted molar refractivity (Wildman–Crippen MR) is 137 cm³/mol.